The molecule has 2 atom stereocenters. The van der Waals surface area contributed by atoms with Gasteiger partial charge in [-0.1, -0.05) is 5.11 Å². The lowest BCUT2D eigenvalue weighted by Gasteiger charge is -2.46. The van der Waals surface area contributed by atoms with Crippen molar-refractivity contribution in [2.75, 3.05) is 13.1 Å². The van der Waals surface area contributed by atoms with Crippen LogP contribution in [0.5, 0.6) is 0 Å². The number of azide groups is 1. The molecule has 9 nitrogen and oxygen atoms in total. The van der Waals surface area contributed by atoms with E-state index in [1.54, 1.807) is 20.8 Å². The van der Waals surface area contributed by atoms with Gasteiger partial charge in [0, 0.05) is 11.5 Å². The highest BCUT2D eigenvalue weighted by molar-refractivity contribution is 7.87. The molecule has 1 amide bonds. The minimum atomic E-state index is -5.81. The van der Waals surface area contributed by atoms with Gasteiger partial charge >= 0.3 is 21.7 Å². The van der Waals surface area contributed by atoms with Crippen LogP contribution in [-0.2, 0) is 19.0 Å². The SMILES string of the molecule is CC(C)(C)OC(=O)N1C[C@H](OS(=O)(=O)C(F)(F)F)[C@H]1CN=[N+]=[N-]. The first-order valence-corrected chi connectivity index (χ1v) is 7.69. The maximum Gasteiger partial charge on any atom is 0.523 e. The van der Waals surface area contributed by atoms with Gasteiger partial charge in [0.25, 0.3) is 0 Å². The van der Waals surface area contributed by atoms with Crippen LogP contribution in [0.3, 0.4) is 0 Å². The molecule has 0 aromatic carbocycles. The summed E-state index contributed by atoms with van der Waals surface area (Å²) >= 11 is 0. The van der Waals surface area contributed by atoms with E-state index in [0.717, 1.165) is 4.90 Å². The van der Waals surface area contributed by atoms with Gasteiger partial charge in [-0.15, -0.1) is 0 Å². The maximum absolute atomic E-state index is 12.3. The third kappa shape index (κ3) is 4.88. The highest BCUT2D eigenvalue weighted by atomic mass is 32.2. The molecule has 0 spiro atoms. The highest BCUT2D eigenvalue weighted by Crippen LogP contribution is 2.31. The third-order valence-electron chi connectivity index (χ3n) is 2.70. The molecule has 0 unspecified atom stereocenters. The number of carbonyl (C=O) groups is 1. The molecule has 0 bridgehead atoms. The van der Waals surface area contributed by atoms with E-state index in [1.807, 2.05) is 0 Å². The predicted molar refractivity (Wildman–Crippen MR) is 70.6 cm³/mol. The molecule has 0 N–H and O–H groups in total. The smallest absolute Gasteiger partial charge is 0.444 e. The van der Waals surface area contributed by atoms with Crippen LogP contribution < -0.4 is 0 Å². The largest absolute Gasteiger partial charge is 0.523 e. The number of carbonyl (C=O) groups excluding carboxylic acids is 1. The van der Waals surface area contributed by atoms with Crippen molar-refractivity contribution in [1.82, 2.24) is 4.90 Å². The van der Waals surface area contributed by atoms with Crippen molar-refractivity contribution in [2.24, 2.45) is 5.11 Å². The number of amides is 1. The van der Waals surface area contributed by atoms with Gasteiger partial charge in [-0.05, 0) is 26.3 Å². The average molecular weight is 360 g/mol. The normalized spacial score (nSPS) is 22.1. The van der Waals surface area contributed by atoms with Crippen molar-refractivity contribution in [2.45, 2.75) is 44.0 Å². The molecule has 0 aromatic heterocycles. The van der Waals surface area contributed by atoms with Crippen molar-refractivity contribution < 1.29 is 35.3 Å². The summed E-state index contributed by atoms with van der Waals surface area (Å²) in [4.78, 5) is 15.2. The Bertz CT molecular complexity index is 609. The Morgan fingerprint density at radius 3 is 2.39 bits per heavy atom. The molecule has 1 aliphatic heterocycles. The summed E-state index contributed by atoms with van der Waals surface area (Å²) < 4.78 is 68.0. The van der Waals surface area contributed by atoms with E-state index in [0.29, 0.717) is 0 Å². The molecular formula is C10H15F3N4O5S. The van der Waals surface area contributed by atoms with Gasteiger partial charge in [0.1, 0.15) is 11.7 Å². The molecule has 1 saturated heterocycles. The van der Waals surface area contributed by atoms with Crippen LogP contribution in [0.15, 0.2) is 5.11 Å². The monoisotopic (exact) mass is 360 g/mol. The third-order valence-corrected chi connectivity index (χ3v) is 3.77. The zero-order valence-corrected chi connectivity index (χ0v) is 13.3. The maximum atomic E-state index is 12.3. The number of hydrogen-bond donors (Lipinski definition) is 0. The van der Waals surface area contributed by atoms with Gasteiger partial charge in [0.15, 0.2) is 0 Å². The summed E-state index contributed by atoms with van der Waals surface area (Å²) in [6.07, 6.45) is -2.35. The number of ether oxygens (including phenoxy) is 1. The Labute approximate surface area is 130 Å². The molecule has 13 heteroatoms. The summed E-state index contributed by atoms with van der Waals surface area (Å²) in [6, 6.07) is -1.17. The zero-order chi connectivity index (χ0) is 18.1. The molecule has 1 heterocycles. The Kier molecular flexibility index (Phi) is 5.39. The fourth-order valence-electron chi connectivity index (χ4n) is 1.69. The van der Waals surface area contributed by atoms with Crippen LogP contribution in [0.25, 0.3) is 10.4 Å². The first-order valence-electron chi connectivity index (χ1n) is 6.28. The number of alkyl halides is 3. The van der Waals surface area contributed by atoms with Crippen molar-refractivity contribution in [3.05, 3.63) is 10.4 Å². The van der Waals surface area contributed by atoms with Gasteiger partial charge in [-0.3, -0.25) is 9.08 Å². The van der Waals surface area contributed by atoms with E-state index >= 15 is 0 Å². The Balaban J connectivity index is 2.85. The van der Waals surface area contributed by atoms with E-state index in [-0.39, 0.29) is 0 Å². The minimum absolute atomic E-state index is 0.435. The van der Waals surface area contributed by atoms with Gasteiger partial charge in [0.05, 0.1) is 12.6 Å². The molecule has 0 aromatic rings. The molecular weight excluding hydrogens is 345 g/mol. The van der Waals surface area contributed by atoms with Crippen LogP contribution in [-0.4, -0.2) is 55.8 Å². The van der Waals surface area contributed by atoms with Crippen molar-refractivity contribution >= 4 is 16.2 Å². The number of nitrogens with zero attached hydrogens (tertiary/aromatic N) is 4. The Morgan fingerprint density at radius 1 is 1.39 bits per heavy atom. The van der Waals surface area contributed by atoms with Crippen molar-refractivity contribution in [3.8, 4) is 0 Å². The molecule has 1 fully saturated rings. The van der Waals surface area contributed by atoms with Crippen LogP contribution in [0.2, 0.25) is 0 Å². The summed E-state index contributed by atoms with van der Waals surface area (Å²) in [5, 5.41) is 3.14. The number of hydrogen-bond acceptors (Lipinski definition) is 6. The van der Waals surface area contributed by atoms with Gasteiger partial charge in [0.2, 0.25) is 0 Å². The van der Waals surface area contributed by atoms with Gasteiger partial charge in [-0.2, -0.15) is 21.6 Å². The fraction of sp³-hybridized carbons (Fsp3) is 0.900. The lowest BCUT2D eigenvalue weighted by atomic mass is 10.0. The topological polar surface area (TPSA) is 122 Å². The second-order valence-electron chi connectivity index (χ2n) is 5.65. The van der Waals surface area contributed by atoms with Crippen molar-refractivity contribution in [3.63, 3.8) is 0 Å². The first-order chi connectivity index (χ1) is 10.3. The van der Waals surface area contributed by atoms with E-state index in [4.69, 9.17) is 10.3 Å². The zero-order valence-electron chi connectivity index (χ0n) is 12.4. The Morgan fingerprint density at radius 2 is 1.96 bits per heavy atom. The van der Waals surface area contributed by atoms with Crippen LogP contribution in [0.1, 0.15) is 20.8 Å². The number of halogens is 3. The number of likely N-dealkylation sites (tertiary alicyclic amines) is 1. The van der Waals surface area contributed by atoms with Crippen LogP contribution in [0.4, 0.5) is 18.0 Å². The average Bonchev–Trinajstić information content (AvgIpc) is 2.30. The lowest BCUT2D eigenvalue weighted by Crippen LogP contribution is -2.65. The molecule has 0 aliphatic carbocycles. The van der Waals surface area contributed by atoms with Crippen LogP contribution in [0, 0.1) is 0 Å². The lowest BCUT2D eigenvalue weighted by molar-refractivity contribution is -0.0819. The fourth-order valence-corrected chi connectivity index (χ4v) is 2.32. The molecule has 0 saturated carbocycles. The molecule has 1 aliphatic rings. The summed E-state index contributed by atoms with van der Waals surface area (Å²) in [7, 11) is -5.81. The number of rotatable bonds is 4. The summed E-state index contributed by atoms with van der Waals surface area (Å²) in [5.41, 5.74) is 1.84. The quantitative estimate of drug-likeness (QED) is 0.250. The second-order valence-corrected chi connectivity index (χ2v) is 7.21. The molecule has 23 heavy (non-hydrogen) atoms. The van der Waals surface area contributed by atoms with Gasteiger partial charge < -0.3 is 4.74 Å². The Hall–Kier alpha value is -1.72. The minimum Gasteiger partial charge on any atom is -0.444 e. The summed E-state index contributed by atoms with van der Waals surface area (Å²) in [6.45, 7) is 3.85. The first kappa shape index (κ1) is 19.3. The van der Waals surface area contributed by atoms with E-state index in [1.165, 1.54) is 0 Å². The van der Waals surface area contributed by atoms with E-state index < -0.39 is 52.6 Å². The van der Waals surface area contributed by atoms with Crippen LogP contribution >= 0.6 is 0 Å². The second kappa shape index (κ2) is 6.42. The molecule has 0 radical (unpaired) electrons. The van der Waals surface area contributed by atoms with Crippen molar-refractivity contribution in [1.29, 1.82) is 0 Å². The predicted octanol–water partition coefficient (Wildman–Crippen LogP) is 2.15. The summed E-state index contributed by atoms with van der Waals surface area (Å²) in [5.74, 6) is 0. The molecule has 1 rings (SSSR count). The van der Waals surface area contributed by atoms with E-state index in [9.17, 15) is 26.4 Å². The van der Waals surface area contributed by atoms with Gasteiger partial charge in [-0.25, -0.2) is 4.79 Å². The highest BCUT2D eigenvalue weighted by Gasteiger charge is 2.53. The standard InChI is InChI=1S/C10H15F3N4O5S/c1-9(2,3)21-8(18)17-5-7(6(17)4-15-16-14)22-23(19,20)10(11,12)13/h6-7H,4-5H2,1-3H3/t6-,7+/m1/s1. The van der Waals surface area contributed by atoms with E-state index in [2.05, 4.69) is 14.2 Å². The molecule has 132 valence electrons.